The van der Waals surface area contributed by atoms with Crippen LogP contribution in [-0.4, -0.2) is 65.8 Å². The van der Waals surface area contributed by atoms with E-state index in [0.717, 1.165) is 31.0 Å². The fourth-order valence-electron chi connectivity index (χ4n) is 4.59. The molecule has 2 fully saturated rings. The molecular formula is C27H36N2O4. The highest BCUT2D eigenvalue weighted by molar-refractivity contribution is 5.78. The first-order valence-corrected chi connectivity index (χ1v) is 12.1. The van der Waals surface area contributed by atoms with Crippen LogP contribution in [0, 0.1) is 6.92 Å². The van der Waals surface area contributed by atoms with E-state index in [0.29, 0.717) is 38.6 Å². The molecule has 0 radical (unpaired) electrons. The van der Waals surface area contributed by atoms with Crippen LogP contribution in [0.4, 0.5) is 0 Å². The van der Waals surface area contributed by atoms with E-state index < -0.39 is 6.10 Å². The van der Waals surface area contributed by atoms with Gasteiger partial charge in [0.2, 0.25) is 5.91 Å². The molecule has 1 amide bonds. The Bertz CT molecular complexity index is 944. The van der Waals surface area contributed by atoms with Gasteiger partial charge in [0, 0.05) is 32.6 Å². The molecule has 2 aliphatic heterocycles. The molecule has 0 saturated carbocycles. The molecule has 2 atom stereocenters. The third-order valence-corrected chi connectivity index (χ3v) is 6.47. The van der Waals surface area contributed by atoms with Crippen molar-refractivity contribution in [1.82, 2.24) is 9.80 Å². The summed E-state index contributed by atoms with van der Waals surface area (Å²) in [6, 6.07) is 14.4. The van der Waals surface area contributed by atoms with Gasteiger partial charge in [-0.3, -0.25) is 9.69 Å². The number of aliphatic hydroxyl groups excluding tert-OH is 1. The molecule has 0 aliphatic carbocycles. The average molecular weight is 453 g/mol. The highest BCUT2D eigenvalue weighted by atomic mass is 16.5. The van der Waals surface area contributed by atoms with Gasteiger partial charge in [0.25, 0.3) is 0 Å². The quantitative estimate of drug-likeness (QED) is 0.628. The van der Waals surface area contributed by atoms with E-state index in [-0.39, 0.29) is 12.0 Å². The van der Waals surface area contributed by atoms with Crippen molar-refractivity contribution >= 4 is 5.91 Å². The minimum atomic E-state index is -0.510. The van der Waals surface area contributed by atoms with Crippen LogP contribution in [0.3, 0.4) is 0 Å². The minimum Gasteiger partial charge on any atom is -0.492 e. The fourth-order valence-corrected chi connectivity index (χ4v) is 4.59. The Kier molecular flexibility index (Phi) is 7.56. The lowest BCUT2D eigenvalue weighted by atomic mass is 10.0. The molecule has 1 N–H and O–H groups in total. The Morgan fingerprint density at radius 1 is 1.09 bits per heavy atom. The molecule has 0 bridgehead atoms. The largest absolute Gasteiger partial charge is 0.492 e. The van der Waals surface area contributed by atoms with Crippen LogP contribution in [0.5, 0.6) is 11.5 Å². The summed E-state index contributed by atoms with van der Waals surface area (Å²) in [5.41, 5.74) is 3.60. The first kappa shape index (κ1) is 23.6. The van der Waals surface area contributed by atoms with Gasteiger partial charge in [-0.05, 0) is 60.2 Å². The Hall–Kier alpha value is -2.57. The number of amides is 1. The lowest BCUT2D eigenvalue weighted by molar-refractivity contribution is -0.128. The predicted molar refractivity (Wildman–Crippen MR) is 129 cm³/mol. The number of benzene rings is 2. The third-order valence-electron chi connectivity index (χ3n) is 6.47. The maximum absolute atomic E-state index is 11.7. The summed E-state index contributed by atoms with van der Waals surface area (Å²) < 4.78 is 12.0. The number of hydrogen-bond donors (Lipinski definition) is 1. The number of carbonyl (C=O) groups is 1. The van der Waals surface area contributed by atoms with Gasteiger partial charge in [-0.1, -0.05) is 32.0 Å². The van der Waals surface area contributed by atoms with E-state index in [2.05, 4.69) is 49.9 Å². The van der Waals surface area contributed by atoms with Crippen molar-refractivity contribution in [3.8, 4) is 11.5 Å². The number of hydrogen-bond acceptors (Lipinski definition) is 5. The van der Waals surface area contributed by atoms with Crippen LogP contribution in [0.15, 0.2) is 42.5 Å². The second-order valence-electron chi connectivity index (χ2n) is 9.63. The summed E-state index contributed by atoms with van der Waals surface area (Å²) in [5, 5.41) is 10.6. The van der Waals surface area contributed by atoms with Gasteiger partial charge in [-0.15, -0.1) is 0 Å². The van der Waals surface area contributed by atoms with E-state index in [4.69, 9.17) is 9.47 Å². The Morgan fingerprint density at radius 3 is 2.58 bits per heavy atom. The van der Waals surface area contributed by atoms with Crippen molar-refractivity contribution in [3.63, 3.8) is 0 Å². The lowest BCUT2D eigenvalue weighted by Crippen LogP contribution is -2.30. The number of aryl methyl sites for hydroxylation is 1. The molecule has 0 unspecified atom stereocenters. The second-order valence-corrected chi connectivity index (χ2v) is 9.63. The zero-order valence-electron chi connectivity index (χ0n) is 20.0. The predicted octanol–water partition coefficient (Wildman–Crippen LogP) is 3.74. The van der Waals surface area contributed by atoms with Gasteiger partial charge >= 0.3 is 0 Å². The molecule has 6 heteroatoms. The van der Waals surface area contributed by atoms with Crippen LogP contribution in [0.2, 0.25) is 0 Å². The van der Waals surface area contributed by atoms with Crippen molar-refractivity contribution in [2.75, 3.05) is 32.8 Å². The third kappa shape index (κ3) is 6.27. The van der Waals surface area contributed by atoms with Crippen molar-refractivity contribution < 1.29 is 19.4 Å². The molecule has 2 aromatic carbocycles. The van der Waals surface area contributed by atoms with Crippen molar-refractivity contribution in [3.05, 3.63) is 59.2 Å². The average Bonchev–Trinajstić information content (AvgIpc) is 3.33. The number of nitrogens with zero attached hydrogens (tertiary/aromatic N) is 2. The normalized spacial score (nSPS) is 21.2. The lowest BCUT2D eigenvalue weighted by Gasteiger charge is -2.19. The number of aliphatic hydroxyl groups is 1. The first-order valence-electron chi connectivity index (χ1n) is 12.1. The second kappa shape index (κ2) is 10.6. The molecule has 4 rings (SSSR count). The number of ether oxygens (including phenoxy) is 2. The minimum absolute atomic E-state index is 0.229. The molecule has 33 heavy (non-hydrogen) atoms. The fraction of sp³-hybridized carbons (Fsp3) is 0.519. The van der Waals surface area contributed by atoms with E-state index in [1.807, 2.05) is 23.1 Å². The highest BCUT2D eigenvalue weighted by Crippen LogP contribution is 2.26. The zero-order chi connectivity index (χ0) is 23.4. The summed E-state index contributed by atoms with van der Waals surface area (Å²) in [5.74, 6) is 2.31. The van der Waals surface area contributed by atoms with Crippen molar-refractivity contribution in [2.24, 2.45) is 0 Å². The van der Waals surface area contributed by atoms with Crippen LogP contribution in [-0.2, 0) is 11.3 Å². The van der Waals surface area contributed by atoms with Gasteiger partial charge in [-0.25, -0.2) is 0 Å². The molecule has 0 aromatic heterocycles. The maximum atomic E-state index is 11.7. The number of β-amino-alcohol motifs (C(OH)–C–C–N with tert-alkyl or cyclic N) is 1. The Morgan fingerprint density at radius 2 is 1.88 bits per heavy atom. The molecule has 6 nitrogen and oxygen atoms in total. The van der Waals surface area contributed by atoms with E-state index >= 15 is 0 Å². The summed E-state index contributed by atoms with van der Waals surface area (Å²) >= 11 is 0. The molecular weight excluding hydrogens is 416 g/mol. The summed E-state index contributed by atoms with van der Waals surface area (Å²) in [4.78, 5) is 15.8. The van der Waals surface area contributed by atoms with Gasteiger partial charge in [0.05, 0.1) is 6.54 Å². The molecule has 2 heterocycles. The Balaban J connectivity index is 1.26. The van der Waals surface area contributed by atoms with Crippen LogP contribution < -0.4 is 9.47 Å². The topological polar surface area (TPSA) is 62.2 Å². The molecule has 2 aromatic rings. The van der Waals surface area contributed by atoms with Gasteiger partial charge < -0.3 is 19.5 Å². The summed E-state index contributed by atoms with van der Waals surface area (Å²) in [7, 11) is 0. The zero-order valence-corrected chi connectivity index (χ0v) is 20.0. The Labute approximate surface area is 197 Å². The SMILES string of the molecule is Cc1cc(O[C@H]2CN(Cc3ccc(OCCN4CCCC4=O)cc3)C[C@@H]2O)cc(C(C)C)c1. The highest BCUT2D eigenvalue weighted by Gasteiger charge is 2.33. The van der Waals surface area contributed by atoms with Gasteiger partial charge in [0.15, 0.2) is 0 Å². The number of likely N-dealkylation sites (tertiary alicyclic amines) is 2. The smallest absolute Gasteiger partial charge is 0.222 e. The number of rotatable bonds is 9. The molecule has 0 spiro atoms. The molecule has 2 saturated heterocycles. The summed E-state index contributed by atoms with van der Waals surface area (Å²) in [6.45, 7) is 10.5. The van der Waals surface area contributed by atoms with E-state index in [9.17, 15) is 9.90 Å². The monoisotopic (exact) mass is 452 g/mol. The number of carbonyl (C=O) groups excluding carboxylic acids is 1. The molecule has 2 aliphatic rings. The van der Waals surface area contributed by atoms with E-state index in [1.165, 1.54) is 16.7 Å². The first-order chi connectivity index (χ1) is 15.9. The van der Waals surface area contributed by atoms with Gasteiger partial charge in [0.1, 0.15) is 30.3 Å². The standard InChI is InChI=1S/C27H36N2O4/c1-19(2)22-13-20(3)14-24(15-22)33-26-18-28(17-25(26)30)16-21-6-8-23(9-7-21)32-12-11-29-10-4-5-27(29)31/h6-9,13-15,19,25-26,30H,4-5,10-12,16-18H2,1-3H3/t25-,26-/m0/s1. The summed E-state index contributed by atoms with van der Waals surface area (Å²) in [6.07, 6.45) is 0.872. The van der Waals surface area contributed by atoms with E-state index in [1.54, 1.807) is 0 Å². The van der Waals surface area contributed by atoms with Crippen LogP contribution in [0.25, 0.3) is 0 Å². The van der Waals surface area contributed by atoms with Crippen molar-refractivity contribution in [1.29, 1.82) is 0 Å². The van der Waals surface area contributed by atoms with Crippen molar-refractivity contribution in [2.45, 2.75) is 58.3 Å². The van der Waals surface area contributed by atoms with Crippen LogP contribution in [0.1, 0.15) is 49.3 Å². The maximum Gasteiger partial charge on any atom is 0.222 e. The molecule has 178 valence electrons. The van der Waals surface area contributed by atoms with Crippen LogP contribution >= 0.6 is 0 Å². The van der Waals surface area contributed by atoms with Gasteiger partial charge in [-0.2, -0.15) is 0 Å².